The van der Waals surface area contributed by atoms with E-state index in [0.717, 1.165) is 66.8 Å². The molecule has 0 N–H and O–H groups in total. The van der Waals surface area contributed by atoms with Crippen LogP contribution in [0.1, 0.15) is 0 Å². The number of hydrogen-bond donors (Lipinski definition) is 0. The largest absolute Gasteiger partial charge is 0.456 e. The number of fused-ring (bicyclic) bond motifs is 4. The van der Waals surface area contributed by atoms with Crippen LogP contribution in [0.15, 0.2) is 223 Å². The van der Waals surface area contributed by atoms with Crippen molar-refractivity contribution in [2.45, 2.75) is 0 Å². The number of nitrogens with zero attached hydrogens (tertiary/aromatic N) is 4. The third-order valence-corrected chi connectivity index (χ3v) is 11.1. The first-order valence-corrected chi connectivity index (χ1v) is 20.1. The summed E-state index contributed by atoms with van der Waals surface area (Å²) in [7, 11) is 0. The molecule has 0 radical (unpaired) electrons. The SMILES string of the molecule is c1ccc(-c2ccc(N(c3ccccc3)c3ccc4oc5cc(-c6nc(-c7ccccc7)nc(-c7ccc(-c8ccc9ccccc9c8)cc7)n6)ccc5c4c3)cc2)cc1. The van der Waals surface area contributed by atoms with E-state index in [4.69, 9.17) is 19.4 Å². The average Bonchev–Trinajstić information content (AvgIpc) is 3.70. The predicted molar refractivity (Wildman–Crippen MR) is 246 cm³/mol. The molecule has 0 aliphatic heterocycles. The Morgan fingerprint density at radius 1 is 0.283 bits per heavy atom. The second-order valence-electron chi connectivity index (χ2n) is 14.9. The highest BCUT2D eigenvalue weighted by Crippen LogP contribution is 2.40. The fourth-order valence-corrected chi connectivity index (χ4v) is 8.03. The molecule has 5 nitrogen and oxygen atoms in total. The molecule has 0 spiro atoms. The molecule has 0 fully saturated rings. The van der Waals surface area contributed by atoms with Gasteiger partial charge >= 0.3 is 0 Å². The maximum absolute atomic E-state index is 6.55. The van der Waals surface area contributed by atoms with Crippen LogP contribution in [-0.2, 0) is 0 Å². The standard InChI is InChI=1S/C55H36N4O/c1-4-12-37(13-5-1)39-26-29-47(30-27-39)59(46-18-8-3-9-19-46)48-31-33-51-50(36-48)49-32-28-45(35-52(49)60-51)55-57-53(41-15-6-2-7-16-41)56-54(58-55)42-23-20-40(21-24-42)44-25-22-38-14-10-11-17-43(38)34-44/h1-36H. The number of furan rings is 1. The average molecular weight is 769 g/mol. The van der Waals surface area contributed by atoms with Gasteiger partial charge in [-0.25, -0.2) is 15.0 Å². The number of anilines is 3. The summed E-state index contributed by atoms with van der Waals surface area (Å²) in [6.45, 7) is 0. The number of hydrogen-bond acceptors (Lipinski definition) is 5. The topological polar surface area (TPSA) is 55.1 Å². The lowest BCUT2D eigenvalue weighted by atomic mass is 10.00. The van der Waals surface area contributed by atoms with Crippen molar-refractivity contribution in [1.29, 1.82) is 0 Å². The second kappa shape index (κ2) is 15.0. The van der Waals surface area contributed by atoms with Gasteiger partial charge < -0.3 is 9.32 Å². The van der Waals surface area contributed by atoms with Gasteiger partial charge in [-0.05, 0) is 93.7 Å². The quantitative estimate of drug-likeness (QED) is 0.154. The summed E-state index contributed by atoms with van der Waals surface area (Å²) in [5.74, 6) is 1.80. The van der Waals surface area contributed by atoms with Gasteiger partial charge in [0.25, 0.3) is 0 Å². The lowest BCUT2D eigenvalue weighted by molar-refractivity contribution is 0.669. The summed E-state index contributed by atoms with van der Waals surface area (Å²) < 4.78 is 6.55. The molecular formula is C55H36N4O. The highest BCUT2D eigenvalue weighted by atomic mass is 16.3. The summed E-state index contributed by atoms with van der Waals surface area (Å²) in [6.07, 6.45) is 0. The van der Waals surface area contributed by atoms with Crippen molar-refractivity contribution in [2.24, 2.45) is 0 Å². The predicted octanol–water partition coefficient (Wildman–Crippen LogP) is 14.7. The molecule has 0 saturated heterocycles. The Balaban J connectivity index is 0.964. The van der Waals surface area contributed by atoms with E-state index in [1.54, 1.807) is 0 Å². The van der Waals surface area contributed by atoms with Gasteiger partial charge in [0.05, 0.1) is 0 Å². The van der Waals surface area contributed by atoms with E-state index >= 15 is 0 Å². The van der Waals surface area contributed by atoms with E-state index < -0.39 is 0 Å². The summed E-state index contributed by atoms with van der Waals surface area (Å²) in [6, 6.07) is 75.9. The molecule has 0 saturated carbocycles. The Morgan fingerprint density at radius 2 is 0.767 bits per heavy atom. The second-order valence-corrected chi connectivity index (χ2v) is 14.9. The fraction of sp³-hybridized carbons (Fsp3) is 0. The maximum Gasteiger partial charge on any atom is 0.164 e. The van der Waals surface area contributed by atoms with Gasteiger partial charge in [-0.2, -0.15) is 0 Å². The molecule has 0 amide bonds. The molecule has 2 heterocycles. The van der Waals surface area contributed by atoms with Gasteiger partial charge in [-0.3, -0.25) is 0 Å². The van der Waals surface area contributed by atoms with Crippen molar-refractivity contribution in [1.82, 2.24) is 15.0 Å². The van der Waals surface area contributed by atoms with Crippen LogP contribution in [0.2, 0.25) is 0 Å². The molecule has 0 unspecified atom stereocenters. The number of para-hydroxylation sites is 1. The monoisotopic (exact) mass is 768 g/mol. The van der Waals surface area contributed by atoms with Crippen LogP contribution in [-0.4, -0.2) is 15.0 Å². The lowest BCUT2D eigenvalue weighted by Crippen LogP contribution is -2.09. The number of rotatable bonds is 8. The minimum absolute atomic E-state index is 0.578. The van der Waals surface area contributed by atoms with Crippen molar-refractivity contribution in [3.05, 3.63) is 218 Å². The molecule has 11 aromatic rings. The first-order chi connectivity index (χ1) is 29.7. The van der Waals surface area contributed by atoms with Gasteiger partial charge in [0, 0.05) is 44.5 Å². The Kier molecular flexibility index (Phi) is 8.75. The zero-order valence-corrected chi connectivity index (χ0v) is 32.5. The van der Waals surface area contributed by atoms with Crippen LogP contribution in [0.3, 0.4) is 0 Å². The highest BCUT2D eigenvalue weighted by Gasteiger charge is 2.18. The van der Waals surface area contributed by atoms with Crippen molar-refractivity contribution in [3.63, 3.8) is 0 Å². The zero-order valence-electron chi connectivity index (χ0n) is 32.5. The summed E-state index contributed by atoms with van der Waals surface area (Å²) in [5.41, 5.74) is 12.1. The first-order valence-electron chi connectivity index (χ1n) is 20.1. The summed E-state index contributed by atoms with van der Waals surface area (Å²) in [5, 5.41) is 4.49. The molecule has 9 aromatic carbocycles. The van der Waals surface area contributed by atoms with Gasteiger partial charge in [0.1, 0.15) is 11.2 Å². The normalized spacial score (nSPS) is 11.3. The maximum atomic E-state index is 6.55. The van der Waals surface area contributed by atoms with E-state index in [1.165, 1.54) is 21.9 Å². The minimum atomic E-state index is 0.578. The third-order valence-electron chi connectivity index (χ3n) is 11.1. The van der Waals surface area contributed by atoms with E-state index in [0.29, 0.717) is 17.5 Å². The molecule has 0 aliphatic rings. The van der Waals surface area contributed by atoms with Crippen molar-refractivity contribution in [2.75, 3.05) is 4.90 Å². The molecule has 0 aliphatic carbocycles. The molecular weight excluding hydrogens is 733 g/mol. The lowest BCUT2D eigenvalue weighted by Gasteiger charge is -2.25. The zero-order chi connectivity index (χ0) is 39.8. The Hall–Kier alpha value is -8.15. The van der Waals surface area contributed by atoms with E-state index in [2.05, 4.69) is 175 Å². The highest BCUT2D eigenvalue weighted by molar-refractivity contribution is 6.07. The van der Waals surface area contributed by atoms with E-state index in [1.807, 2.05) is 48.5 Å². The molecule has 2 aromatic heterocycles. The molecule has 0 bridgehead atoms. The molecule has 60 heavy (non-hydrogen) atoms. The van der Waals surface area contributed by atoms with Gasteiger partial charge in [-0.1, -0.05) is 158 Å². The first kappa shape index (κ1) is 35.0. The number of aromatic nitrogens is 3. The Labute approximate surface area is 347 Å². The van der Waals surface area contributed by atoms with Crippen molar-refractivity contribution >= 4 is 49.8 Å². The van der Waals surface area contributed by atoms with E-state index in [9.17, 15) is 0 Å². The van der Waals surface area contributed by atoms with Crippen LogP contribution in [0.4, 0.5) is 17.1 Å². The van der Waals surface area contributed by atoms with Crippen LogP contribution in [0.5, 0.6) is 0 Å². The molecule has 0 atom stereocenters. The van der Waals surface area contributed by atoms with Gasteiger partial charge in [0.15, 0.2) is 17.5 Å². The van der Waals surface area contributed by atoms with Crippen LogP contribution in [0, 0.1) is 0 Å². The molecule has 11 rings (SSSR count). The smallest absolute Gasteiger partial charge is 0.164 e. The van der Waals surface area contributed by atoms with Crippen molar-refractivity contribution in [3.8, 4) is 56.4 Å². The van der Waals surface area contributed by atoms with Crippen LogP contribution in [0.25, 0.3) is 89.1 Å². The van der Waals surface area contributed by atoms with E-state index in [-0.39, 0.29) is 0 Å². The molecule has 282 valence electrons. The Morgan fingerprint density at radius 3 is 1.48 bits per heavy atom. The van der Waals surface area contributed by atoms with Crippen LogP contribution >= 0.6 is 0 Å². The summed E-state index contributed by atoms with van der Waals surface area (Å²) in [4.78, 5) is 17.3. The molecule has 5 heteroatoms. The van der Waals surface area contributed by atoms with Gasteiger partial charge in [-0.15, -0.1) is 0 Å². The fourth-order valence-electron chi connectivity index (χ4n) is 8.03. The van der Waals surface area contributed by atoms with Gasteiger partial charge in [0.2, 0.25) is 0 Å². The third kappa shape index (κ3) is 6.64. The number of benzene rings is 9. The Bertz CT molecular complexity index is 3290. The van der Waals surface area contributed by atoms with Crippen molar-refractivity contribution < 1.29 is 4.42 Å². The minimum Gasteiger partial charge on any atom is -0.456 e. The summed E-state index contributed by atoms with van der Waals surface area (Å²) >= 11 is 0. The van der Waals surface area contributed by atoms with Crippen LogP contribution < -0.4 is 4.90 Å².